The molecule has 1 saturated carbocycles. The molecule has 2 aliphatic rings. The van der Waals surface area contributed by atoms with Gasteiger partial charge in [-0.25, -0.2) is 0 Å². The van der Waals surface area contributed by atoms with Crippen molar-refractivity contribution in [2.75, 3.05) is 7.05 Å². The first-order valence-electron chi connectivity index (χ1n) is 5.99. The highest BCUT2D eigenvalue weighted by molar-refractivity contribution is 6.14. The summed E-state index contributed by atoms with van der Waals surface area (Å²) < 4.78 is 0. The number of rotatable bonds is 2. The smallest absolute Gasteiger partial charge is 0.242 e. The van der Waals surface area contributed by atoms with Crippen molar-refractivity contribution in [2.24, 2.45) is 11.8 Å². The molecule has 3 amide bonds. The SMILES string of the molecule is CC1C(=O)N(C)C(=O)C1C(=O)NC1(C)CCC1. The van der Waals surface area contributed by atoms with Gasteiger partial charge in [0.25, 0.3) is 0 Å². The van der Waals surface area contributed by atoms with E-state index in [-0.39, 0.29) is 23.3 Å². The van der Waals surface area contributed by atoms with Crippen LogP contribution < -0.4 is 5.32 Å². The van der Waals surface area contributed by atoms with E-state index in [4.69, 9.17) is 0 Å². The molecule has 0 aromatic heterocycles. The van der Waals surface area contributed by atoms with Crippen molar-refractivity contribution in [1.82, 2.24) is 10.2 Å². The zero-order valence-electron chi connectivity index (χ0n) is 10.4. The summed E-state index contributed by atoms with van der Waals surface area (Å²) in [6, 6.07) is 0. The van der Waals surface area contributed by atoms with Crippen LogP contribution in [0, 0.1) is 11.8 Å². The Bertz CT molecular complexity index is 387. The summed E-state index contributed by atoms with van der Waals surface area (Å²) in [6.45, 7) is 3.61. The third-order valence-corrected chi connectivity index (χ3v) is 3.98. The molecule has 1 heterocycles. The minimum absolute atomic E-state index is 0.179. The second-order valence-corrected chi connectivity index (χ2v) is 5.41. The minimum Gasteiger partial charge on any atom is -0.350 e. The van der Waals surface area contributed by atoms with E-state index in [0.29, 0.717) is 0 Å². The molecule has 2 unspecified atom stereocenters. The van der Waals surface area contributed by atoms with Gasteiger partial charge in [0.05, 0.1) is 5.92 Å². The highest BCUT2D eigenvalue weighted by Crippen LogP contribution is 2.32. The zero-order valence-corrected chi connectivity index (χ0v) is 10.4. The summed E-state index contributed by atoms with van der Waals surface area (Å²) in [5.74, 6) is -2.35. The topological polar surface area (TPSA) is 66.5 Å². The Hall–Kier alpha value is -1.39. The molecule has 0 radical (unpaired) electrons. The van der Waals surface area contributed by atoms with Crippen LogP contribution in [0.25, 0.3) is 0 Å². The van der Waals surface area contributed by atoms with Gasteiger partial charge in [0, 0.05) is 12.6 Å². The molecule has 5 nitrogen and oxygen atoms in total. The number of hydrogen-bond donors (Lipinski definition) is 1. The molecule has 2 rings (SSSR count). The molecule has 2 fully saturated rings. The normalized spacial score (nSPS) is 31.4. The molecule has 0 bridgehead atoms. The predicted octanol–water partition coefficient (Wildman–Crippen LogP) is 0.296. The van der Waals surface area contributed by atoms with E-state index in [2.05, 4.69) is 5.32 Å². The molecule has 2 atom stereocenters. The molecule has 17 heavy (non-hydrogen) atoms. The van der Waals surface area contributed by atoms with Crippen LogP contribution >= 0.6 is 0 Å². The van der Waals surface area contributed by atoms with E-state index in [1.807, 2.05) is 6.92 Å². The van der Waals surface area contributed by atoms with E-state index in [1.165, 1.54) is 7.05 Å². The molecule has 0 aromatic carbocycles. The highest BCUT2D eigenvalue weighted by Gasteiger charge is 2.48. The fourth-order valence-corrected chi connectivity index (χ4v) is 2.53. The fourth-order valence-electron chi connectivity index (χ4n) is 2.53. The van der Waals surface area contributed by atoms with Crippen molar-refractivity contribution in [3.05, 3.63) is 0 Å². The second-order valence-electron chi connectivity index (χ2n) is 5.41. The van der Waals surface area contributed by atoms with E-state index in [1.54, 1.807) is 6.92 Å². The number of nitrogens with one attached hydrogen (secondary N) is 1. The van der Waals surface area contributed by atoms with E-state index in [0.717, 1.165) is 24.2 Å². The van der Waals surface area contributed by atoms with Gasteiger partial charge in [-0.1, -0.05) is 6.92 Å². The summed E-state index contributed by atoms with van der Waals surface area (Å²) in [7, 11) is 1.43. The molecule has 1 saturated heterocycles. The Kier molecular flexibility index (Phi) is 2.72. The lowest BCUT2D eigenvalue weighted by atomic mass is 9.78. The van der Waals surface area contributed by atoms with Crippen LogP contribution in [0.2, 0.25) is 0 Å². The zero-order chi connectivity index (χ0) is 12.8. The molecule has 5 heteroatoms. The third-order valence-electron chi connectivity index (χ3n) is 3.98. The molecule has 94 valence electrons. The lowest BCUT2D eigenvalue weighted by Gasteiger charge is -2.39. The number of likely N-dealkylation sites (tertiary alicyclic amines) is 1. The maximum atomic E-state index is 12.1. The van der Waals surface area contributed by atoms with Gasteiger partial charge in [0.15, 0.2) is 0 Å². The Balaban J connectivity index is 2.09. The third kappa shape index (κ3) is 1.83. The van der Waals surface area contributed by atoms with Gasteiger partial charge >= 0.3 is 0 Å². The average molecular weight is 238 g/mol. The molecule has 0 spiro atoms. The first kappa shape index (κ1) is 12.1. The molecular formula is C12H18N2O3. The van der Waals surface area contributed by atoms with Gasteiger partial charge in [0.1, 0.15) is 5.92 Å². The first-order chi connectivity index (χ1) is 7.86. The van der Waals surface area contributed by atoms with Crippen LogP contribution in [-0.2, 0) is 14.4 Å². The highest BCUT2D eigenvalue weighted by atomic mass is 16.2. The summed E-state index contributed by atoms with van der Waals surface area (Å²) >= 11 is 0. The van der Waals surface area contributed by atoms with Crippen molar-refractivity contribution in [3.63, 3.8) is 0 Å². The van der Waals surface area contributed by atoms with Crippen molar-refractivity contribution < 1.29 is 14.4 Å². The van der Waals surface area contributed by atoms with Gasteiger partial charge < -0.3 is 5.32 Å². The van der Waals surface area contributed by atoms with Crippen LogP contribution in [0.1, 0.15) is 33.1 Å². The van der Waals surface area contributed by atoms with Crippen molar-refractivity contribution >= 4 is 17.7 Å². The predicted molar refractivity (Wildman–Crippen MR) is 60.8 cm³/mol. The maximum absolute atomic E-state index is 12.1. The maximum Gasteiger partial charge on any atom is 0.242 e. The van der Waals surface area contributed by atoms with Crippen LogP contribution in [0.5, 0.6) is 0 Å². The molecule has 1 aliphatic carbocycles. The lowest BCUT2D eigenvalue weighted by molar-refractivity contribution is -0.140. The molecule has 1 N–H and O–H groups in total. The van der Waals surface area contributed by atoms with Gasteiger partial charge in [-0.15, -0.1) is 0 Å². The first-order valence-corrected chi connectivity index (χ1v) is 5.99. The summed E-state index contributed by atoms with van der Waals surface area (Å²) in [6.07, 6.45) is 2.99. The van der Waals surface area contributed by atoms with Crippen LogP contribution in [-0.4, -0.2) is 35.2 Å². The van der Waals surface area contributed by atoms with E-state index >= 15 is 0 Å². The van der Waals surface area contributed by atoms with Gasteiger partial charge in [0.2, 0.25) is 17.7 Å². The second kappa shape index (κ2) is 3.82. The van der Waals surface area contributed by atoms with Crippen molar-refractivity contribution in [3.8, 4) is 0 Å². The standard InChI is InChI=1S/C12H18N2O3/c1-7-8(11(17)14(3)10(7)16)9(15)13-12(2)5-4-6-12/h7-8H,4-6H2,1-3H3,(H,13,15). The van der Waals surface area contributed by atoms with E-state index < -0.39 is 11.8 Å². The number of nitrogens with zero attached hydrogens (tertiary/aromatic N) is 1. The largest absolute Gasteiger partial charge is 0.350 e. The quantitative estimate of drug-likeness (QED) is 0.555. The van der Waals surface area contributed by atoms with Crippen LogP contribution in [0.4, 0.5) is 0 Å². The summed E-state index contributed by atoms with van der Waals surface area (Å²) in [4.78, 5) is 36.5. The Labute approximate surface area is 101 Å². The van der Waals surface area contributed by atoms with Crippen LogP contribution in [0.3, 0.4) is 0 Å². The van der Waals surface area contributed by atoms with Crippen LogP contribution in [0.15, 0.2) is 0 Å². The lowest BCUT2D eigenvalue weighted by Crippen LogP contribution is -2.54. The molecular weight excluding hydrogens is 220 g/mol. The number of imide groups is 1. The minimum atomic E-state index is -0.843. The monoisotopic (exact) mass is 238 g/mol. The fraction of sp³-hybridized carbons (Fsp3) is 0.750. The number of carbonyl (C=O) groups is 3. The Morgan fingerprint density at radius 1 is 1.35 bits per heavy atom. The van der Waals surface area contributed by atoms with Gasteiger partial charge in [-0.2, -0.15) is 0 Å². The number of hydrogen-bond acceptors (Lipinski definition) is 3. The number of carbonyl (C=O) groups excluding carboxylic acids is 3. The van der Waals surface area contributed by atoms with Crippen molar-refractivity contribution in [1.29, 1.82) is 0 Å². The summed E-state index contributed by atoms with van der Waals surface area (Å²) in [5, 5.41) is 2.90. The van der Waals surface area contributed by atoms with E-state index in [9.17, 15) is 14.4 Å². The summed E-state index contributed by atoms with van der Waals surface area (Å²) in [5.41, 5.74) is -0.179. The van der Waals surface area contributed by atoms with Gasteiger partial charge in [-0.3, -0.25) is 19.3 Å². The Morgan fingerprint density at radius 3 is 2.29 bits per heavy atom. The number of amides is 3. The molecule has 0 aromatic rings. The van der Waals surface area contributed by atoms with Gasteiger partial charge in [-0.05, 0) is 26.2 Å². The van der Waals surface area contributed by atoms with Crippen molar-refractivity contribution in [2.45, 2.75) is 38.6 Å². The molecule has 1 aliphatic heterocycles. The average Bonchev–Trinajstić information content (AvgIpc) is 2.41. The Morgan fingerprint density at radius 2 is 1.94 bits per heavy atom.